The molecule has 29 heavy (non-hydrogen) atoms. The van der Waals surface area contributed by atoms with E-state index in [1.165, 1.54) is 0 Å². The normalized spacial score (nSPS) is 50.2. The fourth-order valence-corrected chi connectivity index (χ4v) is 5.88. The number of halogens is 1. The summed E-state index contributed by atoms with van der Waals surface area (Å²) in [4.78, 5) is 22.4. The van der Waals surface area contributed by atoms with Crippen molar-refractivity contribution in [2.24, 2.45) is 11.8 Å². The summed E-state index contributed by atoms with van der Waals surface area (Å²) in [6.45, 7) is 7.54. The van der Waals surface area contributed by atoms with Crippen molar-refractivity contribution >= 4 is 23.5 Å². The average Bonchev–Trinajstić information content (AvgIpc) is 3.36. The molecule has 9 atom stereocenters. The molecule has 162 valence electrons. The molecule has 0 spiro atoms. The molecule has 4 aliphatic heterocycles. The van der Waals surface area contributed by atoms with E-state index in [0.29, 0.717) is 12.3 Å². The zero-order valence-corrected chi connectivity index (χ0v) is 17.7. The SMILES string of the molecule is CC1(C)OC2[C@H](C[C@@H]3CC(=O)O[C@H]23)O1.CC1(C)OC2[C@H](C[C@H]3[C@@H]2OC(=O)[C@@H]3Cl)O1. The molecule has 4 heterocycles. The second-order valence-corrected chi connectivity index (χ2v) is 10.1. The molecule has 6 aliphatic rings. The maximum atomic E-state index is 11.3. The maximum Gasteiger partial charge on any atom is 0.324 e. The van der Waals surface area contributed by atoms with Gasteiger partial charge < -0.3 is 28.4 Å². The lowest BCUT2D eigenvalue weighted by Gasteiger charge is -2.21. The van der Waals surface area contributed by atoms with Crippen LogP contribution >= 0.6 is 11.6 Å². The lowest BCUT2D eigenvalue weighted by Crippen LogP contribution is -2.31. The molecular weight excluding hydrogens is 404 g/mol. The molecule has 0 amide bonds. The van der Waals surface area contributed by atoms with Gasteiger partial charge in [-0.15, -0.1) is 11.6 Å². The summed E-state index contributed by atoms with van der Waals surface area (Å²) < 4.78 is 33.4. The molecule has 0 bridgehead atoms. The number of hydrogen-bond donors (Lipinski definition) is 0. The minimum atomic E-state index is -0.572. The second kappa shape index (κ2) is 6.53. The van der Waals surface area contributed by atoms with Gasteiger partial charge in [0.15, 0.2) is 11.6 Å². The molecule has 9 heteroatoms. The number of ether oxygens (including phenoxy) is 6. The van der Waals surface area contributed by atoms with E-state index in [1.54, 1.807) is 0 Å². The van der Waals surface area contributed by atoms with Crippen LogP contribution < -0.4 is 0 Å². The average molecular weight is 431 g/mol. The third-order valence-electron chi connectivity index (χ3n) is 6.57. The maximum absolute atomic E-state index is 11.3. The summed E-state index contributed by atoms with van der Waals surface area (Å²) in [6, 6.07) is 0. The van der Waals surface area contributed by atoms with E-state index in [4.69, 9.17) is 40.0 Å². The van der Waals surface area contributed by atoms with Crippen molar-refractivity contribution in [2.45, 2.75) is 101 Å². The van der Waals surface area contributed by atoms with Gasteiger partial charge in [-0.1, -0.05) is 0 Å². The van der Waals surface area contributed by atoms with Gasteiger partial charge in [-0.05, 0) is 40.5 Å². The van der Waals surface area contributed by atoms with Gasteiger partial charge in [0.05, 0.1) is 18.6 Å². The molecule has 0 aromatic carbocycles. The first-order valence-corrected chi connectivity index (χ1v) is 10.7. The van der Waals surface area contributed by atoms with Gasteiger partial charge in [0, 0.05) is 11.8 Å². The number of alkyl halides is 1. The molecule has 2 aliphatic carbocycles. The van der Waals surface area contributed by atoms with Crippen LogP contribution in [-0.4, -0.2) is 65.5 Å². The fraction of sp³-hybridized carbons (Fsp3) is 0.900. The standard InChI is InChI=1S/C10H13ClO4.C10H14O4/c1-10(2)14-5-3-4-6(11)9(12)13-7(4)8(5)15-10;1-10(2)13-6-3-5-4-7(11)12-8(5)9(6)14-10/h4-8H,3H2,1-2H3;5-6,8-9H,3-4H2,1-2H3/t4-,5+,6-,7+,8?;5-,6+,8+,9?/m11/s1. The third kappa shape index (κ3) is 3.37. The van der Waals surface area contributed by atoms with E-state index < -0.39 is 17.0 Å². The van der Waals surface area contributed by atoms with Gasteiger partial charge in [0.25, 0.3) is 0 Å². The van der Waals surface area contributed by atoms with Crippen LogP contribution in [0.5, 0.6) is 0 Å². The first-order valence-electron chi connectivity index (χ1n) is 10.3. The van der Waals surface area contributed by atoms with Gasteiger partial charge in [0.1, 0.15) is 29.8 Å². The minimum absolute atomic E-state index is 0.0179. The van der Waals surface area contributed by atoms with E-state index >= 15 is 0 Å². The highest BCUT2D eigenvalue weighted by Gasteiger charge is 2.61. The molecule has 0 aromatic heterocycles. The number of carbonyl (C=O) groups is 2. The molecule has 6 rings (SSSR count). The Labute approximate surface area is 174 Å². The minimum Gasteiger partial charge on any atom is -0.459 e. The van der Waals surface area contributed by atoms with Crippen LogP contribution in [-0.2, 0) is 38.0 Å². The Morgan fingerprint density at radius 2 is 1.38 bits per heavy atom. The van der Waals surface area contributed by atoms with Crippen molar-refractivity contribution < 1.29 is 38.0 Å². The van der Waals surface area contributed by atoms with Crippen molar-refractivity contribution in [3.05, 3.63) is 0 Å². The van der Waals surface area contributed by atoms with E-state index in [2.05, 4.69) is 0 Å². The Bertz CT molecular complexity index is 723. The smallest absolute Gasteiger partial charge is 0.324 e. The summed E-state index contributed by atoms with van der Waals surface area (Å²) in [5.74, 6) is -1.14. The van der Waals surface area contributed by atoms with Crippen molar-refractivity contribution in [2.75, 3.05) is 0 Å². The summed E-state index contributed by atoms with van der Waals surface area (Å²) in [5, 5.41) is -0.532. The number of rotatable bonds is 0. The van der Waals surface area contributed by atoms with E-state index in [1.807, 2.05) is 27.7 Å². The van der Waals surface area contributed by atoms with Gasteiger partial charge in [-0.2, -0.15) is 0 Å². The molecular formula is C20H27ClO8. The van der Waals surface area contributed by atoms with Crippen LogP contribution in [0, 0.1) is 11.8 Å². The van der Waals surface area contributed by atoms with Crippen LogP contribution in [0.15, 0.2) is 0 Å². The lowest BCUT2D eigenvalue weighted by molar-refractivity contribution is -0.169. The van der Waals surface area contributed by atoms with Crippen LogP contribution in [0.2, 0.25) is 0 Å². The fourth-order valence-electron chi connectivity index (χ4n) is 5.59. The number of fused-ring (bicyclic) bond motifs is 6. The first kappa shape index (κ1) is 20.0. The van der Waals surface area contributed by atoms with Crippen molar-refractivity contribution in [3.8, 4) is 0 Å². The van der Waals surface area contributed by atoms with E-state index in [0.717, 1.165) is 12.8 Å². The Morgan fingerprint density at radius 3 is 2.03 bits per heavy atom. The molecule has 0 radical (unpaired) electrons. The van der Waals surface area contributed by atoms with Crippen LogP contribution in [0.3, 0.4) is 0 Å². The molecule has 6 fully saturated rings. The predicted octanol–water partition coefficient (Wildman–Crippen LogP) is 1.90. The summed E-state index contributed by atoms with van der Waals surface area (Å²) in [6.07, 6.45) is 1.85. The van der Waals surface area contributed by atoms with Crippen molar-refractivity contribution in [1.29, 1.82) is 0 Å². The summed E-state index contributed by atoms with van der Waals surface area (Å²) >= 11 is 5.96. The van der Waals surface area contributed by atoms with Gasteiger partial charge >= 0.3 is 11.9 Å². The lowest BCUT2D eigenvalue weighted by atomic mass is 10.0. The summed E-state index contributed by atoms with van der Waals surface area (Å²) in [7, 11) is 0. The Morgan fingerprint density at radius 1 is 0.793 bits per heavy atom. The highest BCUT2D eigenvalue weighted by atomic mass is 35.5. The zero-order valence-electron chi connectivity index (χ0n) is 17.0. The second-order valence-electron chi connectivity index (χ2n) is 9.63. The van der Waals surface area contributed by atoms with E-state index in [9.17, 15) is 9.59 Å². The van der Waals surface area contributed by atoms with Crippen LogP contribution in [0.25, 0.3) is 0 Å². The largest absolute Gasteiger partial charge is 0.459 e. The molecule has 2 unspecified atom stereocenters. The molecule has 8 nitrogen and oxygen atoms in total. The number of hydrogen-bond acceptors (Lipinski definition) is 8. The molecule has 0 N–H and O–H groups in total. The van der Waals surface area contributed by atoms with Crippen LogP contribution in [0.4, 0.5) is 0 Å². The van der Waals surface area contributed by atoms with Crippen molar-refractivity contribution in [3.63, 3.8) is 0 Å². The molecule has 2 saturated carbocycles. The third-order valence-corrected chi connectivity index (χ3v) is 7.07. The van der Waals surface area contributed by atoms with Crippen molar-refractivity contribution in [1.82, 2.24) is 0 Å². The number of carbonyl (C=O) groups excluding carboxylic acids is 2. The van der Waals surface area contributed by atoms with Crippen LogP contribution in [0.1, 0.15) is 47.0 Å². The van der Waals surface area contributed by atoms with Gasteiger partial charge in [-0.3, -0.25) is 9.59 Å². The molecule has 0 aromatic rings. The zero-order chi connectivity index (χ0) is 20.7. The molecule has 4 saturated heterocycles. The van der Waals surface area contributed by atoms with E-state index in [-0.39, 0.29) is 54.5 Å². The van der Waals surface area contributed by atoms with Gasteiger partial charge in [-0.25, -0.2) is 0 Å². The summed E-state index contributed by atoms with van der Waals surface area (Å²) in [5.41, 5.74) is 0. The highest BCUT2D eigenvalue weighted by Crippen LogP contribution is 2.48. The number of esters is 2. The van der Waals surface area contributed by atoms with Gasteiger partial charge in [0.2, 0.25) is 0 Å². The Kier molecular flexibility index (Phi) is 4.51. The Balaban J connectivity index is 0.000000125. The highest BCUT2D eigenvalue weighted by molar-refractivity contribution is 6.30. The topological polar surface area (TPSA) is 89.5 Å². The monoisotopic (exact) mass is 430 g/mol. The Hall–Kier alpha value is -0.930. The quantitative estimate of drug-likeness (QED) is 0.425. The predicted molar refractivity (Wildman–Crippen MR) is 97.9 cm³/mol. The first-order chi connectivity index (χ1) is 13.5.